The molecule has 2 heterocycles. The molecule has 4 aromatic rings. The first kappa shape index (κ1) is 15.3. The Labute approximate surface area is 155 Å². The fraction of sp³-hybridized carbons (Fsp3) is 0.143. The van der Waals surface area contributed by atoms with Crippen molar-refractivity contribution < 1.29 is 5.11 Å². The van der Waals surface area contributed by atoms with Crippen molar-refractivity contribution >= 4 is 28.1 Å². The highest BCUT2D eigenvalue weighted by Gasteiger charge is 2.25. The van der Waals surface area contributed by atoms with Crippen molar-refractivity contribution in [2.75, 3.05) is 5.32 Å². The number of aromatic hydroxyl groups is 1. The summed E-state index contributed by atoms with van der Waals surface area (Å²) in [5, 5.41) is 18.8. The van der Waals surface area contributed by atoms with Crippen LogP contribution in [0, 0.1) is 0 Å². The average Bonchev–Trinajstić information content (AvgIpc) is 3.33. The SMILES string of the molecule is Oc1cccc2c1CC[C@@H]2Nc1nc(-c2ccsc2)nc2ccccc12. The van der Waals surface area contributed by atoms with Gasteiger partial charge in [-0.2, -0.15) is 11.3 Å². The minimum Gasteiger partial charge on any atom is -0.508 e. The molecule has 0 amide bonds. The maximum absolute atomic E-state index is 10.1. The fourth-order valence-electron chi connectivity index (χ4n) is 3.66. The summed E-state index contributed by atoms with van der Waals surface area (Å²) in [6, 6.07) is 16.0. The van der Waals surface area contributed by atoms with Crippen molar-refractivity contribution in [1.82, 2.24) is 9.97 Å². The van der Waals surface area contributed by atoms with Gasteiger partial charge in [-0.05, 0) is 53.6 Å². The molecule has 0 unspecified atom stereocenters. The van der Waals surface area contributed by atoms with E-state index in [9.17, 15) is 5.11 Å². The summed E-state index contributed by atoms with van der Waals surface area (Å²) in [6.45, 7) is 0. The van der Waals surface area contributed by atoms with Gasteiger partial charge in [-0.25, -0.2) is 9.97 Å². The van der Waals surface area contributed by atoms with Crippen LogP contribution in [-0.4, -0.2) is 15.1 Å². The van der Waals surface area contributed by atoms with Crippen LogP contribution in [0.15, 0.2) is 59.3 Å². The van der Waals surface area contributed by atoms with Gasteiger partial charge in [0.1, 0.15) is 11.6 Å². The third kappa shape index (κ3) is 2.52. The van der Waals surface area contributed by atoms with Crippen molar-refractivity contribution in [2.24, 2.45) is 0 Å². The molecule has 2 aromatic carbocycles. The van der Waals surface area contributed by atoms with Crippen LogP contribution in [0.4, 0.5) is 5.82 Å². The Morgan fingerprint density at radius 1 is 1.04 bits per heavy atom. The van der Waals surface area contributed by atoms with E-state index in [0.29, 0.717) is 5.75 Å². The lowest BCUT2D eigenvalue weighted by Gasteiger charge is -2.17. The van der Waals surface area contributed by atoms with Gasteiger partial charge in [-0.15, -0.1) is 0 Å². The first-order valence-corrected chi connectivity index (χ1v) is 9.60. The van der Waals surface area contributed by atoms with Crippen molar-refractivity contribution in [2.45, 2.75) is 18.9 Å². The number of hydrogen-bond donors (Lipinski definition) is 2. The fourth-order valence-corrected chi connectivity index (χ4v) is 4.29. The maximum atomic E-state index is 10.1. The van der Waals surface area contributed by atoms with Crippen LogP contribution in [-0.2, 0) is 6.42 Å². The summed E-state index contributed by atoms with van der Waals surface area (Å²) in [5.41, 5.74) is 4.17. The highest BCUT2D eigenvalue weighted by atomic mass is 32.1. The second-order valence-electron chi connectivity index (χ2n) is 6.51. The average molecular weight is 359 g/mol. The summed E-state index contributed by atoms with van der Waals surface area (Å²) < 4.78 is 0. The van der Waals surface area contributed by atoms with Gasteiger partial charge in [0.25, 0.3) is 0 Å². The lowest BCUT2D eigenvalue weighted by Crippen LogP contribution is -2.10. The van der Waals surface area contributed by atoms with Gasteiger partial charge in [0.15, 0.2) is 5.82 Å². The Morgan fingerprint density at radius 2 is 1.96 bits per heavy atom. The highest BCUT2D eigenvalue weighted by molar-refractivity contribution is 7.08. The molecule has 0 aliphatic heterocycles. The van der Waals surface area contributed by atoms with E-state index in [1.165, 1.54) is 0 Å². The summed E-state index contributed by atoms with van der Waals surface area (Å²) >= 11 is 1.64. The van der Waals surface area contributed by atoms with Crippen molar-refractivity contribution in [3.8, 4) is 17.1 Å². The molecule has 1 aliphatic carbocycles. The molecule has 0 saturated heterocycles. The predicted octanol–water partition coefficient (Wildman–Crippen LogP) is 5.16. The topological polar surface area (TPSA) is 58.0 Å². The van der Waals surface area contributed by atoms with Crippen LogP contribution < -0.4 is 5.32 Å². The molecule has 0 spiro atoms. The van der Waals surface area contributed by atoms with Crippen LogP contribution in [0.5, 0.6) is 5.75 Å². The van der Waals surface area contributed by atoms with Crippen molar-refractivity contribution in [1.29, 1.82) is 0 Å². The third-order valence-corrected chi connectivity index (χ3v) is 5.62. The van der Waals surface area contributed by atoms with Crippen molar-refractivity contribution in [3.05, 3.63) is 70.4 Å². The lowest BCUT2D eigenvalue weighted by atomic mass is 10.1. The minimum absolute atomic E-state index is 0.144. The van der Waals surface area contributed by atoms with Gasteiger partial charge >= 0.3 is 0 Å². The van der Waals surface area contributed by atoms with E-state index in [1.807, 2.05) is 41.8 Å². The second kappa shape index (κ2) is 6.11. The monoisotopic (exact) mass is 359 g/mol. The largest absolute Gasteiger partial charge is 0.508 e. The minimum atomic E-state index is 0.144. The smallest absolute Gasteiger partial charge is 0.162 e. The second-order valence-corrected chi connectivity index (χ2v) is 7.29. The van der Waals surface area contributed by atoms with Gasteiger partial charge in [0.05, 0.1) is 11.6 Å². The van der Waals surface area contributed by atoms with E-state index in [1.54, 1.807) is 17.4 Å². The number of rotatable bonds is 3. The summed E-state index contributed by atoms with van der Waals surface area (Å²) in [4.78, 5) is 9.55. The number of anilines is 1. The van der Waals surface area contributed by atoms with E-state index < -0.39 is 0 Å². The summed E-state index contributed by atoms with van der Waals surface area (Å²) in [7, 11) is 0. The molecule has 1 aliphatic rings. The maximum Gasteiger partial charge on any atom is 0.162 e. The third-order valence-electron chi connectivity index (χ3n) is 4.94. The number of hydrogen-bond acceptors (Lipinski definition) is 5. The molecule has 5 heteroatoms. The molecule has 128 valence electrons. The lowest BCUT2D eigenvalue weighted by molar-refractivity contribution is 0.469. The van der Waals surface area contributed by atoms with Crippen LogP contribution >= 0.6 is 11.3 Å². The molecule has 4 nitrogen and oxygen atoms in total. The van der Waals surface area contributed by atoms with Gasteiger partial charge < -0.3 is 10.4 Å². The summed E-state index contributed by atoms with van der Waals surface area (Å²) in [5.74, 6) is 1.97. The van der Waals surface area contributed by atoms with E-state index in [-0.39, 0.29) is 6.04 Å². The molecular formula is C21H17N3OS. The quantitative estimate of drug-likeness (QED) is 0.530. The molecule has 1 atom stereocenters. The standard InChI is InChI=1S/C21H17N3OS/c25-19-7-3-5-14-15(19)8-9-18(14)23-21-16-4-1-2-6-17(16)22-20(24-21)13-10-11-26-12-13/h1-7,10-12,18,25H,8-9H2,(H,22,23,24)/t18-/m0/s1. The zero-order chi connectivity index (χ0) is 17.5. The zero-order valence-corrected chi connectivity index (χ0v) is 14.8. The molecule has 0 fully saturated rings. The van der Waals surface area contributed by atoms with Gasteiger partial charge in [-0.1, -0.05) is 24.3 Å². The Bertz CT molecular complexity index is 1090. The summed E-state index contributed by atoms with van der Waals surface area (Å²) in [6.07, 6.45) is 1.82. The number of nitrogens with zero attached hydrogens (tertiary/aromatic N) is 2. The number of phenolic OH excluding ortho intramolecular Hbond substituents is 1. The first-order valence-electron chi connectivity index (χ1n) is 8.66. The Balaban J connectivity index is 1.60. The van der Waals surface area contributed by atoms with E-state index in [2.05, 4.69) is 16.8 Å². The van der Waals surface area contributed by atoms with Crippen molar-refractivity contribution in [3.63, 3.8) is 0 Å². The van der Waals surface area contributed by atoms with E-state index >= 15 is 0 Å². The molecule has 0 radical (unpaired) electrons. The number of fused-ring (bicyclic) bond motifs is 2. The molecule has 0 saturated carbocycles. The molecule has 2 aromatic heterocycles. The molecule has 2 N–H and O–H groups in total. The highest BCUT2D eigenvalue weighted by Crippen LogP contribution is 2.39. The van der Waals surface area contributed by atoms with Gasteiger partial charge in [0.2, 0.25) is 0 Å². The molecule has 5 rings (SSSR count). The van der Waals surface area contributed by atoms with Crippen LogP contribution in [0.3, 0.4) is 0 Å². The number of thiophene rings is 1. The molecule has 26 heavy (non-hydrogen) atoms. The Morgan fingerprint density at radius 3 is 2.85 bits per heavy atom. The first-order chi connectivity index (χ1) is 12.8. The van der Waals surface area contributed by atoms with E-state index in [4.69, 9.17) is 9.97 Å². The normalized spacial score (nSPS) is 15.9. The van der Waals surface area contributed by atoms with Gasteiger partial charge in [-0.3, -0.25) is 0 Å². The number of nitrogens with one attached hydrogen (secondary N) is 1. The van der Waals surface area contributed by atoms with E-state index in [0.717, 1.165) is 52.1 Å². The Kier molecular flexibility index (Phi) is 3.60. The van der Waals surface area contributed by atoms with Crippen LogP contribution in [0.2, 0.25) is 0 Å². The number of aromatic nitrogens is 2. The number of phenols is 1. The van der Waals surface area contributed by atoms with Crippen LogP contribution in [0.25, 0.3) is 22.3 Å². The zero-order valence-electron chi connectivity index (χ0n) is 14.0. The van der Waals surface area contributed by atoms with Gasteiger partial charge in [0, 0.05) is 16.3 Å². The molecule has 0 bridgehead atoms. The predicted molar refractivity (Wildman–Crippen MR) is 106 cm³/mol. The number of benzene rings is 2. The Hall–Kier alpha value is -2.92. The van der Waals surface area contributed by atoms with Crippen LogP contribution in [0.1, 0.15) is 23.6 Å². The molecular weight excluding hydrogens is 342 g/mol. The number of para-hydroxylation sites is 1.